The molecule has 1 rings (SSSR count). The van der Waals surface area contributed by atoms with Gasteiger partial charge in [-0.05, 0) is 17.5 Å². The van der Waals surface area contributed by atoms with Crippen molar-refractivity contribution in [2.45, 2.75) is 19.8 Å². The summed E-state index contributed by atoms with van der Waals surface area (Å²) in [5.41, 5.74) is 1.41. The number of carbonyl (C=O) groups excluding carboxylic acids is 1. The summed E-state index contributed by atoms with van der Waals surface area (Å²) < 4.78 is 0. The van der Waals surface area contributed by atoms with E-state index < -0.39 is 5.97 Å². The molecule has 0 amide bonds. The van der Waals surface area contributed by atoms with Gasteiger partial charge in [0.15, 0.2) is 0 Å². The first-order valence-corrected chi connectivity index (χ1v) is 4.04. The van der Waals surface area contributed by atoms with Gasteiger partial charge >= 0.3 is 51.4 Å². The molecule has 1 aromatic carbocycles. The molecule has 0 aliphatic carbocycles. The third-order valence-corrected chi connectivity index (χ3v) is 1.73. The average molecular weight is 202 g/mol. The van der Waals surface area contributed by atoms with Crippen LogP contribution in [0.4, 0.5) is 0 Å². The zero-order chi connectivity index (χ0) is 8.97. The van der Waals surface area contributed by atoms with Gasteiger partial charge in [0.1, 0.15) is 0 Å². The second-order valence-electron chi connectivity index (χ2n) is 2.73. The van der Waals surface area contributed by atoms with Crippen LogP contribution in [0.15, 0.2) is 24.3 Å². The number of carboxylic acids is 1. The molecule has 0 spiro atoms. The van der Waals surface area contributed by atoms with E-state index in [1.54, 1.807) is 12.1 Å². The Hall–Kier alpha value is 0.326. The molecule has 0 saturated heterocycles. The molecule has 0 unspecified atom stereocenters. The Morgan fingerprint density at radius 2 is 1.85 bits per heavy atom. The number of carboxylic acid groups (broad SMARTS) is 1. The molecule has 3 heteroatoms. The Balaban J connectivity index is 0.00000144. The SMILES string of the molecule is CCCc1ccc(C(=O)[O-])cc1.[K+]. The number of rotatable bonds is 3. The van der Waals surface area contributed by atoms with Crippen molar-refractivity contribution in [2.75, 3.05) is 0 Å². The van der Waals surface area contributed by atoms with Crippen molar-refractivity contribution in [1.29, 1.82) is 0 Å². The Morgan fingerprint density at radius 1 is 1.31 bits per heavy atom. The predicted molar refractivity (Wildman–Crippen MR) is 44.8 cm³/mol. The van der Waals surface area contributed by atoms with Crippen molar-refractivity contribution in [3.8, 4) is 0 Å². The number of carbonyl (C=O) groups is 1. The second kappa shape index (κ2) is 6.73. The molecular weight excluding hydrogens is 191 g/mol. The van der Waals surface area contributed by atoms with Crippen LogP contribution in [0.25, 0.3) is 0 Å². The summed E-state index contributed by atoms with van der Waals surface area (Å²) >= 11 is 0. The minimum atomic E-state index is -1.11. The van der Waals surface area contributed by atoms with Crippen molar-refractivity contribution in [1.82, 2.24) is 0 Å². The van der Waals surface area contributed by atoms with Crippen molar-refractivity contribution >= 4 is 5.97 Å². The zero-order valence-electron chi connectivity index (χ0n) is 8.04. The van der Waals surface area contributed by atoms with Crippen LogP contribution < -0.4 is 56.5 Å². The molecule has 0 heterocycles. The standard InChI is InChI=1S/C10H12O2.K/c1-2-3-8-4-6-9(7-5-8)10(11)12;/h4-7H,2-3H2,1H3,(H,11,12);/q;+1/p-1. The predicted octanol–water partition coefficient (Wildman–Crippen LogP) is -1.99. The smallest absolute Gasteiger partial charge is 0.545 e. The molecule has 2 nitrogen and oxygen atoms in total. The fourth-order valence-electron chi connectivity index (χ4n) is 1.10. The molecule has 1 aromatic rings. The molecule has 0 bridgehead atoms. The van der Waals surface area contributed by atoms with Crippen molar-refractivity contribution < 1.29 is 61.3 Å². The molecule has 13 heavy (non-hydrogen) atoms. The van der Waals surface area contributed by atoms with E-state index in [1.165, 1.54) is 5.56 Å². The Morgan fingerprint density at radius 3 is 2.23 bits per heavy atom. The molecule has 0 radical (unpaired) electrons. The summed E-state index contributed by atoms with van der Waals surface area (Å²) in [5.74, 6) is -1.11. The van der Waals surface area contributed by atoms with E-state index in [1.807, 2.05) is 12.1 Å². The first-order valence-electron chi connectivity index (χ1n) is 4.04. The number of aromatic carboxylic acids is 1. The Labute approximate surface area is 121 Å². The first kappa shape index (κ1) is 13.3. The van der Waals surface area contributed by atoms with Gasteiger partial charge < -0.3 is 9.90 Å². The van der Waals surface area contributed by atoms with Gasteiger partial charge in [-0.2, -0.15) is 0 Å². The number of aryl methyl sites for hydroxylation is 1. The van der Waals surface area contributed by atoms with Crippen LogP contribution in [0.3, 0.4) is 0 Å². The molecular formula is C10H11KO2. The zero-order valence-corrected chi connectivity index (χ0v) is 11.2. The molecule has 0 aromatic heterocycles. The van der Waals surface area contributed by atoms with Crippen LogP contribution in [0.5, 0.6) is 0 Å². The molecule has 0 N–H and O–H groups in total. The van der Waals surface area contributed by atoms with Crippen LogP contribution >= 0.6 is 0 Å². The fourth-order valence-corrected chi connectivity index (χ4v) is 1.10. The van der Waals surface area contributed by atoms with E-state index in [0.29, 0.717) is 0 Å². The van der Waals surface area contributed by atoms with E-state index in [2.05, 4.69) is 6.92 Å². The van der Waals surface area contributed by atoms with E-state index in [4.69, 9.17) is 0 Å². The van der Waals surface area contributed by atoms with Gasteiger partial charge in [0.25, 0.3) is 0 Å². The molecule has 0 saturated carbocycles. The van der Waals surface area contributed by atoms with E-state index in [-0.39, 0.29) is 56.9 Å². The molecule has 0 fully saturated rings. The third-order valence-electron chi connectivity index (χ3n) is 1.73. The summed E-state index contributed by atoms with van der Waals surface area (Å²) in [6.07, 6.45) is 2.07. The largest absolute Gasteiger partial charge is 1.00 e. The fraction of sp³-hybridized carbons (Fsp3) is 0.300. The van der Waals surface area contributed by atoms with Gasteiger partial charge in [0.05, 0.1) is 5.97 Å². The second-order valence-corrected chi connectivity index (χ2v) is 2.73. The van der Waals surface area contributed by atoms with E-state index in [0.717, 1.165) is 12.8 Å². The van der Waals surface area contributed by atoms with Gasteiger partial charge in [-0.3, -0.25) is 0 Å². The minimum Gasteiger partial charge on any atom is -0.545 e. The third kappa shape index (κ3) is 4.38. The quantitative estimate of drug-likeness (QED) is 0.532. The minimum absolute atomic E-state index is 0. The van der Waals surface area contributed by atoms with E-state index in [9.17, 15) is 9.90 Å². The van der Waals surface area contributed by atoms with Crippen LogP contribution in [0.2, 0.25) is 0 Å². The maximum absolute atomic E-state index is 10.4. The summed E-state index contributed by atoms with van der Waals surface area (Å²) in [6.45, 7) is 2.09. The summed E-state index contributed by atoms with van der Waals surface area (Å²) in [5, 5.41) is 10.4. The van der Waals surface area contributed by atoms with E-state index >= 15 is 0 Å². The van der Waals surface area contributed by atoms with Gasteiger partial charge in [-0.15, -0.1) is 0 Å². The van der Waals surface area contributed by atoms with Crippen LogP contribution in [0, 0.1) is 0 Å². The summed E-state index contributed by atoms with van der Waals surface area (Å²) in [6, 6.07) is 6.82. The van der Waals surface area contributed by atoms with Gasteiger partial charge in [0.2, 0.25) is 0 Å². The molecule has 0 aliphatic rings. The monoisotopic (exact) mass is 202 g/mol. The maximum atomic E-state index is 10.4. The van der Waals surface area contributed by atoms with Crippen molar-refractivity contribution in [2.24, 2.45) is 0 Å². The Kier molecular flexibility index (Phi) is 6.90. The average Bonchev–Trinajstić information content (AvgIpc) is 2.06. The Bertz CT molecular complexity index is 267. The van der Waals surface area contributed by atoms with Gasteiger partial charge in [-0.25, -0.2) is 0 Å². The summed E-state index contributed by atoms with van der Waals surface area (Å²) in [4.78, 5) is 10.4. The van der Waals surface area contributed by atoms with Crippen LogP contribution in [0.1, 0.15) is 29.3 Å². The maximum Gasteiger partial charge on any atom is 1.00 e. The van der Waals surface area contributed by atoms with Gasteiger partial charge in [0, 0.05) is 0 Å². The van der Waals surface area contributed by atoms with Crippen molar-refractivity contribution in [3.05, 3.63) is 35.4 Å². The molecule has 64 valence electrons. The van der Waals surface area contributed by atoms with Crippen LogP contribution in [-0.4, -0.2) is 5.97 Å². The van der Waals surface area contributed by atoms with Gasteiger partial charge in [-0.1, -0.05) is 37.6 Å². The molecule has 0 aliphatic heterocycles. The number of hydrogen-bond acceptors (Lipinski definition) is 2. The first-order chi connectivity index (χ1) is 5.74. The number of benzene rings is 1. The number of hydrogen-bond donors (Lipinski definition) is 0. The topological polar surface area (TPSA) is 40.1 Å². The normalized spacial score (nSPS) is 9.00. The van der Waals surface area contributed by atoms with Crippen molar-refractivity contribution in [3.63, 3.8) is 0 Å². The summed E-state index contributed by atoms with van der Waals surface area (Å²) in [7, 11) is 0. The molecule has 0 atom stereocenters. The van der Waals surface area contributed by atoms with Crippen LogP contribution in [-0.2, 0) is 6.42 Å².